The first kappa shape index (κ1) is 27.0. The highest BCUT2D eigenvalue weighted by Gasteiger charge is 2.65. The number of phenolic OH excluding ortho intramolecular Hbond substituents is 1. The van der Waals surface area contributed by atoms with Gasteiger partial charge < -0.3 is 14.6 Å². The number of hydrogen-bond donors (Lipinski definition) is 2. The second-order valence-corrected chi connectivity index (χ2v) is 10.8. The van der Waals surface area contributed by atoms with Gasteiger partial charge in [0.1, 0.15) is 5.75 Å². The summed E-state index contributed by atoms with van der Waals surface area (Å²) in [5, 5.41) is 9.76. The van der Waals surface area contributed by atoms with Crippen LogP contribution >= 0.6 is 0 Å². The third-order valence-corrected chi connectivity index (χ3v) is 7.99. The maximum atomic E-state index is 13.7. The molecule has 3 aromatic carbocycles. The summed E-state index contributed by atoms with van der Waals surface area (Å²) in [4.78, 5) is 31.8. The molecule has 0 bridgehead atoms. The molecule has 38 heavy (non-hydrogen) atoms. The van der Waals surface area contributed by atoms with E-state index in [0.717, 1.165) is 5.56 Å². The quantitative estimate of drug-likeness (QED) is 0.401. The highest BCUT2D eigenvalue weighted by Crippen LogP contribution is 2.39. The molecular weight excluding hydrogens is 508 g/mol. The van der Waals surface area contributed by atoms with Gasteiger partial charge in [-0.2, -0.15) is 4.72 Å². The molecule has 4 rings (SSSR count). The molecule has 0 radical (unpaired) electrons. The molecule has 10 heteroatoms. The summed E-state index contributed by atoms with van der Waals surface area (Å²) in [6.07, 6.45) is -0.228. The number of aliphatic imine (C=N–C) groups is 1. The smallest absolute Gasteiger partial charge is 0.343 e. The Morgan fingerprint density at radius 1 is 1.05 bits per heavy atom. The number of sulfonamides is 1. The van der Waals surface area contributed by atoms with Crippen molar-refractivity contribution < 1.29 is 32.6 Å². The molecule has 0 aliphatic carbocycles. The van der Waals surface area contributed by atoms with Crippen molar-refractivity contribution in [1.29, 1.82) is 0 Å². The van der Waals surface area contributed by atoms with Crippen LogP contribution in [0.5, 0.6) is 5.75 Å². The van der Waals surface area contributed by atoms with Crippen molar-refractivity contribution in [2.24, 2.45) is 4.99 Å². The molecular formula is C28H28N2O7S. The van der Waals surface area contributed by atoms with Crippen molar-refractivity contribution in [3.63, 3.8) is 0 Å². The SMILES string of the molecule is CCOC(=O)C(C)(NS(=O)(=O)c1ccc(C)cc1)C1(Cc2ccc(O)cc2)N=C(c2ccccc2)OC1=O. The van der Waals surface area contributed by atoms with E-state index >= 15 is 0 Å². The van der Waals surface area contributed by atoms with Crippen molar-refractivity contribution in [3.8, 4) is 5.75 Å². The second-order valence-electron chi connectivity index (χ2n) is 9.14. The molecule has 1 aliphatic rings. The Morgan fingerprint density at radius 3 is 2.29 bits per heavy atom. The predicted molar refractivity (Wildman–Crippen MR) is 140 cm³/mol. The van der Waals surface area contributed by atoms with Crippen LogP contribution in [0.1, 0.15) is 30.5 Å². The van der Waals surface area contributed by atoms with E-state index < -0.39 is 33.0 Å². The summed E-state index contributed by atoms with van der Waals surface area (Å²) >= 11 is 0. The van der Waals surface area contributed by atoms with Crippen molar-refractivity contribution in [3.05, 3.63) is 95.6 Å². The maximum absolute atomic E-state index is 13.7. The first-order valence-corrected chi connectivity index (χ1v) is 13.4. The summed E-state index contributed by atoms with van der Waals surface area (Å²) in [6.45, 7) is 4.59. The van der Waals surface area contributed by atoms with Crippen LogP contribution in [0.3, 0.4) is 0 Å². The standard InChI is InChI=1S/C28H28N2O7S/c1-4-36-25(32)27(3,30-38(34,35)23-16-10-19(2)11-17-23)28(18-20-12-14-22(31)15-13-20)26(33)37-24(29-28)21-8-6-5-7-9-21/h5-17,30-31H,4,18H2,1-3H3. The van der Waals surface area contributed by atoms with Crippen molar-refractivity contribution >= 4 is 27.9 Å². The number of carbonyl (C=O) groups is 2. The van der Waals surface area contributed by atoms with Crippen LogP contribution < -0.4 is 4.72 Å². The Morgan fingerprint density at radius 2 is 1.68 bits per heavy atom. The first-order chi connectivity index (χ1) is 18.0. The number of phenols is 1. The molecule has 0 saturated carbocycles. The maximum Gasteiger partial charge on any atom is 0.343 e. The fourth-order valence-corrected chi connectivity index (χ4v) is 5.65. The molecule has 1 heterocycles. The van der Waals surface area contributed by atoms with E-state index in [1.165, 1.54) is 31.2 Å². The van der Waals surface area contributed by atoms with Crippen LogP contribution in [0.15, 0.2) is 88.8 Å². The minimum Gasteiger partial charge on any atom is -0.508 e. The van der Waals surface area contributed by atoms with Gasteiger partial charge in [-0.3, -0.25) is 0 Å². The van der Waals surface area contributed by atoms with Gasteiger partial charge in [0, 0.05) is 12.0 Å². The lowest BCUT2D eigenvalue weighted by atomic mass is 9.75. The van der Waals surface area contributed by atoms with Gasteiger partial charge in [0.05, 0.1) is 11.5 Å². The molecule has 0 aromatic heterocycles. The molecule has 0 spiro atoms. The molecule has 2 atom stereocenters. The van der Waals surface area contributed by atoms with Crippen LogP contribution in [-0.2, 0) is 35.5 Å². The van der Waals surface area contributed by atoms with Crippen LogP contribution in [0.4, 0.5) is 0 Å². The van der Waals surface area contributed by atoms with E-state index in [1.54, 1.807) is 61.5 Å². The third-order valence-electron chi connectivity index (χ3n) is 6.42. The van der Waals surface area contributed by atoms with E-state index in [-0.39, 0.29) is 29.6 Å². The number of hydrogen-bond acceptors (Lipinski definition) is 8. The highest BCUT2D eigenvalue weighted by atomic mass is 32.2. The minimum atomic E-state index is -4.35. The first-order valence-electron chi connectivity index (χ1n) is 11.9. The van der Waals surface area contributed by atoms with Gasteiger partial charge >= 0.3 is 11.9 Å². The monoisotopic (exact) mass is 536 g/mol. The number of carbonyl (C=O) groups excluding carboxylic acids is 2. The number of cyclic esters (lactones) is 1. The van der Waals surface area contributed by atoms with E-state index in [0.29, 0.717) is 11.1 Å². The van der Waals surface area contributed by atoms with Crippen LogP contribution in [0.25, 0.3) is 0 Å². The largest absolute Gasteiger partial charge is 0.508 e. The van der Waals surface area contributed by atoms with E-state index in [9.17, 15) is 23.1 Å². The van der Waals surface area contributed by atoms with Crippen molar-refractivity contribution in [2.45, 2.75) is 43.2 Å². The Bertz CT molecular complexity index is 1470. The average molecular weight is 537 g/mol. The zero-order valence-electron chi connectivity index (χ0n) is 21.2. The van der Waals surface area contributed by atoms with Crippen molar-refractivity contribution in [2.75, 3.05) is 6.61 Å². The Balaban J connectivity index is 1.92. The lowest BCUT2D eigenvalue weighted by molar-refractivity contribution is -0.158. The zero-order valence-corrected chi connectivity index (χ0v) is 22.0. The number of nitrogens with one attached hydrogen (secondary N) is 1. The molecule has 0 amide bonds. The summed E-state index contributed by atoms with van der Waals surface area (Å²) in [7, 11) is -4.35. The molecule has 198 valence electrons. The van der Waals surface area contributed by atoms with Gasteiger partial charge in [0.15, 0.2) is 11.1 Å². The van der Waals surface area contributed by atoms with Gasteiger partial charge in [-0.1, -0.05) is 48.0 Å². The van der Waals surface area contributed by atoms with E-state index in [1.807, 2.05) is 6.92 Å². The van der Waals surface area contributed by atoms with Gasteiger partial charge in [-0.15, -0.1) is 0 Å². The van der Waals surface area contributed by atoms with Crippen LogP contribution in [-0.4, -0.2) is 49.0 Å². The number of esters is 2. The Labute approximate surface area is 221 Å². The Kier molecular flexibility index (Phi) is 7.39. The summed E-state index contributed by atoms with van der Waals surface area (Å²) in [5.74, 6) is -1.98. The molecule has 3 aromatic rings. The number of nitrogens with zero attached hydrogens (tertiary/aromatic N) is 1. The molecule has 0 fully saturated rings. The molecule has 2 N–H and O–H groups in total. The molecule has 0 saturated heterocycles. The number of ether oxygens (including phenoxy) is 2. The predicted octanol–water partition coefficient (Wildman–Crippen LogP) is 3.29. The second kappa shape index (κ2) is 10.4. The number of rotatable bonds is 9. The van der Waals surface area contributed by atoms with Crippen molar-refractivity contribution in [1.82, 2.24) is 4.72 Å². The van der Waals surface area contributed by atoms with Gasteiger partial charge in [0.2, 0.25) is 15.9 Å². The van der Waals surface area contributed by atoms with Gasteiger partial charge in [-0.05, 0) is 62.7 Å². The van der Waals surface area contributed by atoms with Crippen LogP contribution in [0, 0.1) is 6.92 Å². The normalized spacial score (nSPS) is 18.8. The number of aromatic hydroxyl groups is 1. The van der Waals surface area contributed by atoms with Gasteiger partial charge in [-0.25, -0.2) is 23.0 Å². The summed E-state index contributed by atoms with van der Waals surface area (Å²) in [6, 6.07) is 20.6. The molecule has 9 nitrogen and oxygen atoms in total. The van der Waals surface area contributed by atoms with E-state index in [4.69, 9.17) is 9.47 Å². The molecule has 1 aliphatic heterocycles. The number of aryl methyl sites for hydroxylation is 1. The zero-order chi connectivity index (χ0) is 27.6. The van der Waals surface area contributed by atoms with Gasteiger partial charge in [0.25, 0.3) is 0 Å². The topological polar surface area (TPSA) is 131 Å². The summed E-state index contributed by atoms with van der Waals surface area (Å²) < 4.78 is 40.5. The average Bonchev–Trinajstić information content (AvgIpc) is 3.23. The number of benzene rings is 3. The Hall–Kier alpha value is -4.02. The highest BCUT2D eigenvalue weighted by molar-refractivity contribution is 7.89. The molecule has 2 unspecified atom stereocenters. The lowest BCUT2D eigenvalue weighted by Gasteiger charge is -2.39. The van der Waals surface area contributed by atoms with Crippen LogP contribution in [0.2, 0.25) is 0 Å². The van der Waals surface area contributed by atoms with E-state index in [2.05, 4.69) is 9.71 Å². The fourth-order valence-electron chi connectivity index (χ4n) is 4.25. The third kappa shape index (κ3) is 5.05. The summed E-state index contributed by atoms with van der Waals surface area (Å²) in [5.41, 5.74) is -2.49. The lowest BCUT2D eigenvalue weighted by Crippen LogP contribution is -2.69. The fraction of sp³-hybridized carbons (Fsp3) is 0.250. The minimum absolute atomic E-state index is 0.00139.